The van der Waals surface area contributed by atoms with Crippen LogP contribution in [0.5, 0.6) is 5.75 Å². The number of piperidine rings is 1. The zero-order valence-electron chi connectivity index (χ0n) is 19.4. The van der Waals surface area contributed by atoms with Crippen molar-refractivity contribution < 1.29 is 4.74 Å². The van der Waals surface area contributed by atoms with Crippen molar-refractivity contribution in [1.82, 2.24) is 29.6 Å². The Morgan fingerprint density at radius 1 is 1.06 bits per heavy atom. The van der Waals surface area contributed by atoms with Crippen molar-refractivity contribution in [3.63, 3.8) is 0 Å². The van der Waals surface area contributed by atoms with Crippen LogP contribution < -0.4 is 10.3 Å². The Balaban J connectivity index is 1.47. The van der Waals surface area contributed by atoms with Gasteiger partial charge in [-0.2, -0.15) is 0 Å². The first-order valence-corrected chi connectivity index (χ1v) is 12.6. The number of aromatic nitrogens is 5. The number of rotatable bonds is 7. The molecule has 5 rings (SSSR count). The third kappa shape index (κ3) is 4.58. The van der Waals surface area contributed by atoms with Crippen molar-refractivity contribution in [3.8, 4) is 11.4 Å². The molecule has 1 saturated heterocycles. The summed E-state index contributed by atoms with van der Waals surface area (Å²) >= 11 is 1.51. The molecule has 1 aliphatic rings. The number of hydrogen-bond acceptors (Lipinski definition) is 7. The molecule has 0 saturated carbocycles. The molecule has 1 fully saturated rings. The van der Waals surface area contributed by atoms with Crippen molar-refractivity contribution >= 4 is 22.7 Å². The van der Waals surface area contributed by atoms with Crippen LogP contribution in [0.4, 0.5) is 0 Å². The van der Waals surface area contributed by atoms with Crippen LogP contribution >= 0.6 is 11.8 Å². The van der Waals surface area contributed by atoms with Gasteiger partial charge in [-0.05, 0) is 69.3 Å². The van der Waals surface area contributed by atoms with Crippen molar-refractivity contribution in [2.75, 3.05) is 20.2 Å². The van der Waals surface area contributed by atoms with Crippen LogP contribution in [-0.2, 0) is 5.75 Å². The maximum atomic E-state index is 12.5. The topological polar surface area (TPSA) is 88.9 Å². The number of nitrogens with zero attached hydrogens (tertiary/aromatic N) is 5. The van der Waals surface area contributed by atoms with Gasteiger partial charge in [0, 0.05) is 5.69 Å². The van der Waals surface area contributed by atoms with E-state index in [1.165, 1.54) is 31.0 Å². The molecule has 0 aliphatic carbocycles. The summed E-state index contributed by atoms with van der Waals surface area (Å²) in [6.45, 7) is 4.34. The monoisotopic (exact) mass is 476 g/mol. The number of hydrogen-bond donors (Lipinski definition) is 1. The molecule has 0 radical (unpaired) electrons. The molecule has 0 bridgehead atoms. The Morgan fingerprint density at radius 3 is 2.59 bits per heavy atom. The van der Waals surface area contributed by atoms with E-state index in [-0.39, 0.29) is 11.6 Å². The van der Waals surface area contributed by atoms with Crippen LogP contribution in [0.15, 0.2) is 58.5 Å². The number of fused-ring (bicyclic) bond motifs is 1. The lowest BCUT2D eigenvalue weighted by molar-refractivity contribution is 0.167. The van der Waals surface area contributed by atoms with Crippen LogP contribution in [0.2, 0.25) is 0 Å². The largest absolute Gasteiger partial charge is 0.497 e. The Bertz CT molecular complexity index is 1330. The molecule has 4 aromatic rings. The first-order valence-electron chi connectivity index (χ1n) is 11.6. The Morgan fingerprint density at radius 2 is 1.82 bits per heavy atom. The Kier molecular flexibility index (Phi) is 6.64. The third-order valence-electron chi connectivity index (χ3n) is 6.30. The highest BCUT2D eigenvalue weighted by atomic mass is 32.2. The van der Waals surface area contributed by atoms with Gasteiger partial charge >= 0.3 is 0 Å². The van der Waals surface area contributed by atoms with Gasteiger partial charge in [0.1, 0.15) is 11.6 Å². The molecule has 34 heavy (non-hydrogen) atoms. The minimum Gasteiger partial charge on any atom is -0.497 e. The van der Waals surface area contributed by atoms with Crippen molar-refractivity contribution in [2.24, 2.45) is 0 Å². The summed E-state index contributed by atoms with van der Waals surface area (Å²) in [6.07, 6.45) is 3.71. The van der Waals surface area contributed by atoms with Gasteiger partial charge in [0.15, 0.2) is 11.0 Å². The number of ether oxygens (including phenoxy) is 1. The zero-order valence-corrected chi connectivity index (χ0v) is 20.2. The number of aromatic amines is 1. The number of H-pyrrole nitrogens is 1. The molecule has 1 N–H and O–H groups in total. The highest BCUT2D eigenvalue weighted by Crippen LogP contribution is 2.31. The highest BCUT2D eigenvalue weighted by molar-refractivity contribution is 7.98. The molecule has 2 aromatic heterocycles. The van der Waals surface area contributed by atoms with E-state index in [1.807, 2.05) is 42.5 Å². The number of para-hydroxylation sites is 1. The minimum absolute atomic E-state index is 0.128. The van der Waals surface area contributed by atoms with Crippen molar-refractivity contribution in [1.29, 1.82) is 0 Å². The SMILES string of the molecule is COc1ccc(-n2c(SCc3nc4ccccc4c(=O)[nH]3)nnc2[C@H](C)N2CCCCC2)cc1. The van der Waals surface area contributed by atoms with Crippen LogP contribution in [0.25, 0.3) is 16.6 Å². The molecule has 9 heteroatoms. The third-order valence-corrected chi connectivity index (χ3v) is 7.24. The number of nitrogens with one attached hydrogen (secondary N) is 1. The summed E-state index contributed by atoms with van der Waals surface area (Å²) in [7, 11) is 1.66. The molecular weight excluding hydrogens is 448 g/mol. The van der Waals surface area contributed by atoms with Gasteiger partial charge in [0.2, 0.25) is 0 Å². The average Bonchev–Trinajstić information content (AvgIpc) is 3.31. The predicted molar refractivity (Wildman–Crippen MR) is 134 cm³/mol. The molecule has 8 nitrogen and oxygen atoms in total. The summed E-state index contributed by atoms with van der Waals surface area (Å²) < 4.78 is 7.46. The van der Waals surface area contributed by atoms with Gasteiger partial charge in [-0.25, -0.2) is 4.98 Å². The molecule has 0 spiro atoms. The molecule has 1 atom stereocenters. The fourth-order valence-corrected chi connectivity index (χ4v) is 5.25. The quantitative estimate of drug-likeness (QED) is 0.397. The molecule has 1 aliphatic heterocycles. The van der Waals surface area contributed by atoms with Gasteiger partial charge in [0.05, 0.1) is 29.8 Å². The van der Waals surface area contributed by atoms with Crippen LogP contribution in [-0.4, -0.2) is 49.8 Å². The number of likely N-dealkylation sites (tertiary alicyclic amines) is 1. The number of benzene rings is 2. The van der Waals surface area contributed by atoms with E-state index in [4.69, 9.17) is 4.74 Å². The van der Waals surface area contributed by atoms with Crippen molar-refractivity contribution in [3.05, 3.63) is 70.5 Å². The summed E-state index contributed by atoms with van der Waals surface area (Å²) in [5, 5.41) is 10.5. The minimum atomic E-state index is -0.128. The van der Waals surface area contributed by atoms with Gasteiger partial charge < -0.3 is 9.72 Å². The lowest BCUT2D eigenvalue weighted by atomic mass is 10.1. The molecule has 0 amide bonds. The maximum absolute atomic E-state index is 12.5. The molecule has 0 unspecified atom stereocenters. The van der Waals surface area contributed by atoms with Gasteiger partial charge in [0.25, 0.3) is 5.56 Å². The standard InChI is InChI=1S/C25H28N6O2S/c1-17(30-14-6-3-7-15-30)23-28-29-25(31(23)18-10-12-19(33-2)13-11-18)34-16-22-26-21-9-5-4-8-20(21)24(32)27-22/h4-5,8-13,17H,3,6-7,14-16H2,1-2H3,(H,26,27,32)/t17-/m0/s1. The highest BCUT2D eigenvalue weighted by Gasteiger charge is 2.25. The summed E-state index contributed by atoms with van der Waals surface area (Å²) in [6, 6.07) is 15.5. The number of methoxy groups -OCH3 is 1. The second-order valence-corrected chi connectivity index (χ2v) is 9.41. The Hall–Kier alpha value is -3.17. The smallest absolute Gasteiger partial charge is 0.258 e. The first-order chi connectivity index (χ1) is 16.6. The summed E-state index contributed by atoms with van der Waals surface area (Å²) in [5.41, 5.74) is 1.54. The fraction of sp³-hybridized carbons (Fsp3) is 0.360. The van der Waals surface area contributed by atoms with E-state index in [0.29, 0.717) is 22.5 Å². The first kappa shape index (κ1) is 22.6. The van der Waals surface area contributed by atoms with E-state index in [9.17, 15) is 4.79 Å². The molecular formula is C25H28N6O2S. The molecule has 3 heterocycles. The summed E-state index contributed by atoms with van der Waals surface area (Å²) in [5.74, 6) is 2.81. The van der Waals surface area contributed by atoms with Gasteiger partial charge in [-0.1, -0.05) is 30.3 Å². The molecule has 2 aromatic carbocycles. The Labute approximate surface area is 202 Å². The maximum Gasteiger partial charge on any atom is 0.258 e. The fourth-order valence-electron chi connectivity index (χ4n) is 4.42. The average molecular weight is 477 g/mol. The normalized spacial score (nSPS) is 15.5. The molecule has 176 valence electrons. The lowest BCUT2D eigenvalue weighted by Gasteiger charge is -2.31. The number of thioether (sulfide) groups is 1. The van der Waals surface area contributed by atoms with E-state index in [0.717, 1.165) is 35.5 Å². The lowest BCUT2D eigenvalue weighted by Crippen LogP contribution is -2.33. The van der Waals surface area contributed by atoms with Gasteiger partial charge in [-0.15, -0.1) is 10.2 Å². The van der Waals surface area contributed by atoms with E-state index in [1.54, 1.807) is 13.2 Å². The van der Waals surface area contributed by atoms with Crippen LogP contribution in [0, 0.1) is 0 Å². The van der Waals surface area contributed by atoms with E-state index in [2.05, 4.69) is 36.6 Å². The summed E-state index contributed by atoms with van der Waals surface area (Å²) in [4.78, 5) is 22.5. The zero-order chi connectivity index (χ0) is 23.5. The van der Waals surface area contributed by atoms with Gasteiger partial charge in [-0.3, -0.25) is 14.3 Å². The predicted octanol–water partition coefficient (Wildman–Crippen LogP) is 4.35. The van der Waals surface area contributed by atoms with Crippen molar-refractivity contribution in [2.45, 2.75) is 43.1 Å². The second kappa shape index (κ2) is 9.99. The van der Waals surface area contributed by atoms with E-state index < -0.39 is 0 Å². The van der Waals surface area contributed by atoms with Crippen LogP contribution in [0.3, 0.4) is 0 Å². The second-order valence-electron chi connectivity index (χ2n) is 8.47. The van der Waals surface area contributed by atoms with E-state index >= 15 is 0 Å². The van der Waals surface area contributed by atoms with Crippen LogP contribution in [0.1, 0.15) is 43.9 Å².